The van der Waals surface area contributed by atoms with E-state index in [1.807, 2.05) is 48.5 Å². The summed E-state index contributed by atoms with van der Waals surface area (Å²) in [5.74, 6) is 2.31. The van der Waals surface area contributed by atoms with Crippen LogP contribution < -0.4 is 14.8 Å². The summed E-state index contributed by atoms with van der Waals surface area (Å²) in [6.07, 6.45) is 2.93. The molecule has 0 bridgehead atoms. The maximum atomic E-state index is 12.2. The first-order chi connectivity index (χ1) is 15.2. The first-order valence-electron chi connectivity index (χ1n) is 10.0. The Hall–Kier alpha value is -3.94. The summed E-state index contributed by atoms with van der Waals surface area (Å²) in [5, 5.41) is 12.1. The van der Waals surface area contributed by atoms with Crippen molar-refractivity contribution in [3.63, 3.8) is 0 Å². The number of carbonyl (C=O) groups excluding carboxylic acids is 1. The molecule has 0 unspecified atom stereocenters. The number of carbonyl (C=O) groups is 1. The topological polar surface area (TPSA) is 99.4 Å². The van der Waals surface area contributed by atoms with Gasteiger partial charge in [0.2, 0.25) is 24.5 Å². The number of aromatic nitrogens is 3. The number of benzene rings is 2. The highest BCUT2D eigenvalue weighted by atomic mass is 16.7. The number of fused-ring (bicyclic) bond motifs is 2. The number of ether oxygens (including phenoxy) is 2. The van der Waals surface area contributed by atoms with Gasteiger partial charge in [0, 0.05) is 31.0 Å². The van der Waals surface area contributed by atoms with Crippen LogP contribution in [0.15, 0.2) is 59.1 Å². The van der Waals surface area contributed by atoms with E-state index in [9.17, 15) is 4.79 Å². The largest absolute Gasteiger partial charge is 0.454 e. The van der Waals surface area contributed by atoms with E-state index in [1.165, 1.54) is 0 Å². The van der Waals surface area contributed by atoms with Crippen molar-refractivity contribution < 1.29 is 18.7 Å². The van der Waals surface area contributed by atoms with Crippen LogP contribution >= 0.6 is 0 Å². The molecule has 156 valence electrons. The van der Waals surface area contributed by atoms with E-state index in [-0.39, 0.29) is 19.1 Å². The lowest BCUT2D eigenvalue weighted by Crippen LogP contribution is -2.23. The van der Waals surface area contributed by atoms with Gasteiger partial charge in [0.1, 0.15) is 0 Å². The average Bonchev–Trinajstić information content (AvgIpc) is 3.45. The van der Waals surface area contributed by atoms with Crippen molar-refractivity contribution in [2.75, 3.05) is 6.79 Å². The summed E-state index contributed by atoms with van der Waals surface area (Å²) in [4.78, 5) is 16.6. The van der Waals surface area contributed by atoms with Crippen molar-refractivity contribution in [1.29, 1.82) is 0 Å². The third-order valence-electron chi connectivity index (χ3n) is 5.00. The lowest BCUT2D eigenvalue weighted by molar-refractivity contribution is -0.121. The van der Waals surface area contributed by atoms with E-state index in [2.05, 4.69) is 20.5 Å². The number of nitrogens with one attached hydrogen (secondary N) is 1. The molecule has 2 aromatic carbocycles. The SMILES string of the molecule is O=C(CCc1nnc(Cc2ccc3c(c2)OCO3)o1)NCc1cnc2ccccc2c1. The number of rotatable bonds is 7. The van der Waals surface area contributed by atoms with Crippen molar-refractivity contribution >= 4 is 16.8 Å². The first-order valence-corrected chi connectivity index (χ1v) is 10.0. The molecule has 1 N–H and O–H groups in total. The molecule has 31 heavy (non-hydrogen) atoms. The maximum absolute atomic E-state index is 12.2. The molecule has 2 aromatic heterocycles. The zero-order valence-corrected chi connectivity index (χ0v) is 16.7. The van der Waals surface area contributed by atoms with Gasteiger partial charge in [0.25, 0.3) is 0 Å². The number of hydrogen-bond donors (Lipinski definition) is 1. The molecule has 1 aliphatic heterocycles. The van der Waals surface area contributed by atoms with Gasteiger partial charge in [-0.3, -0.25) is 9.78 Å². The van der Waals surface area contributed by atoms with Crippen molar-refractivity contribution in [3.05, 3.63) is 77.6 Å². The molecular weight excluding hydrogens is 396 g/mol. The van der Waals surface area contributed by atoms with E-state index in [1.54, 1.807) is 6.20 Å². The Kier molecular flexibility index (Phi) is 5.18. The van der Waals surface area contributed by atoms with Gasteiger partial charge in [-0.25, -0.2) is 0 Å². The molecule has 0 spiro atoms. The summed E-state index contributed by atoms with van der Waals surface area (Å²) in [6, 6.07) is 15.6. The van der Waals surface area contributed by atoms with E-state index in [0.717, 1.165) is 33.5 Å². The third-order valence-corrected chi connectivity index (χ3v) is 5.00. The normalized spacial score (nSPS) is 12.3. The van der Waals surface area contributed by atoms with E-state index < -0.39 is 0 Å². The van der Waals surface area contributed by atoms with Crippen LogP contribution in [0, 0.1) is 0 Å². The number of amides is 1. The Morgan fingerprint density at radius 3 is 2.81 bits per heavy atom. The van der Waals surface area contributed by atoms with Gasteiger partial charge >= 0.3 is 0 Å². The molecule has 1 amide bonds. The molecule has 8 nitrogen and oxygen atoms in total. The van der Waals surface area contributed by atoms with Crippen LogP contribution in [-0.4, -0.2) is 27.9 Å². The number of aryl methyl sites for hydroxylation is 1. The molecule has 1 aliphatic rings. The van der Waals surface area contributed by atoms with Gasteiger partial charge in [-0.05, 0) is 35.4 Å². The summed E-state index contributed by atoms with van der Waals surface area (Å²) in [6.45, 7) is 0.665. The number of para-hydroxylation sites is 1. The highest BCUT2D eigenvalue weighted by Gasteiger charge is 2.15. The molecule has 3 heterocycles. The molecule has 0 aliphatic carbocycles. The Morgan fingerprint density at radius 2 is 1.84 bits per heavy atom. The fourth-order valence-electron chi connectivity index (χ4n) is 3.41. The zero-order valence-electron chi connectivity index (χ0n) is 16.7. The van der Waals surface area contributed by atoms with Gasteiger partial charge in [-0.15, -0.1) is 10.2 Å². The van der Waals surface area contributed by atoms with Gasteiger partial charge in [0.05, 0.1) is 11.9 Å². The monoisotopic (exact) mass is 416 g/mol. The van der Waals surface area contributed by atoms with Crippen LogP contribution in [0.1, 0.15) is 29.3 Å². The number of nitrogens with zero attached hydrogens (tertiary/aromatic N) is 3. The Balaban J connectivity index is 1.11. The Labute approximate surface area is 178 Å². The molecule has 0 saturated heterocycles. The van der Waals surface area contributed by atoms with Gasteiger partial charge < -0.3 is 19.2 Å². The molecule has 4 aromatic rings. The Morgan fingerprint density at radius 1 is 0.968 bits per heavy atom. The van der Waals surface area contributed by atoms with Crippen LogP contribution in [0.25, 0.3) is 10.9 Å². The molecule has 5 rings (SSSR count). The lowest BCUT2D eigenvalue weighted by atomic mass is 10.1. The predicted molar refractivity (Wildman–Crippen MR) is 112 cm³/mol. The Bertz CT molecular complexity index is 1240. The average molecular weight is 416 g/mol. The van der Waals surface area contributed by atoms with E-state index in [4.69, 9.17) is 13.9 Å². The minimum absolute atomic E-state index is 0.0799. The lowest BCUT2D eigenvalue weighted by Gasteiger charge is -2.05. The number of hydrogen-bond acceptors (Lipinski definition) is 7. The summed E-state index contributed by atoms with van der Waals surface area (Å²) < 4.78 is 16.4. The highest BCUT2D eigenvalue weighted by molar-refractivity contribution is 5.79. The van der Waals surface area contributed by atoms with Crippen LogP contribution in [0.3, 0.4) is 0 Å². The van der Waals surface area contributed by atoms with Crippen molar-refractivity contribution in [2.24, 2.45) is 0 Å². The van der Waals surface area contributed by atoms with Gasteiger partial charge in [-0.1, -0.05) is 24.3 Å². The molecule has 0 radical (unpaired) electrons. The summed E-state index contributed by atoms with van der Waals surface area (Å²) in [7, 11) is 0. The quantitative estimate of drug-likeness (QED) is 0.494. The van der Waals surface area contributed by atoms with Crippen LogP contribution in [0.4, 0.5) is 0 Å². The minimum atomic E-state index is -0.0799. The molecule has 0 saturated carbocycles. The number of pyridine rings is 1. The van der Waals surface area contributed by atoms with Crippen LogP contribution in [0.5, 0.6) is 11.5 Å². The van der Waals surface area contributed by atoms with Crippen LogP contribution in [0.2, 0.25) is 0 Å². The van der Waals surface area contributed by atoms with E-state index >= 15 is 0 Å². The molecule has 0 fully saturated rings. The minimum Gasteiger partial charge on any atom is -0.454 e. The fourth-order valence-corrected chi connectivity index (χ4v) is 3.41. The second kappa shape index (κ2) is 8.43. The van der Waals surface area contributed by atoms with Crippen molar-refractivity contribution in [3.8, 4) is 11.5 Å². The maximum Gasteiger partial charge on any atom is 0.231 e. The second-order valence-corrected chi connectivity index (χ2v) is 7.27. The zero-order chi connectivity index (χ0) is 21.0. The third kappa shape index (κ3) is 4.48. The summed E-state index contributed by atoms with van der Waals surface area (Å²) >= 11 is 0. The van der Waals surface area contributed by atoms with Gasteiger partial charge in [-0.2, -0.15) is 0 Å². The molecule has 0 atom stereocenters. The van der Waals surface area contributed by atoms with E-state index in [0.29, 0.717) is 31.2 Å². The fraction of sp³-hybridized carbons (Fsp3) is 0.217. The molecular formula is C23H20N4O4. The smallest absolute Gasteiger partial charge is 0.231 e. The standard InChI is InChI=1S/C23H20N4O4/c28-21(25-13-16-9-17-3-1-2-4-18(17)24-12-16)7-8-22-26-27-23(31-22)11-15-5-6-19-20(10-15)30-14-29-19/h1-6,9-10,12H,7-8,11,13-14H2,(H,25,28). The predicted octanol–water partition coefficient (Wildman–Crippen LogP) is 3.19. The first kappa shape index (κ1) is 19.0. The van der Waals surface area contributed by atoms with Crippen molar-refractivity contribution in [2.45, 2.75) is 25.8 Å². The summed E-state index contributed by atoms with van der Waals surface area (Å²) in [5.41, 5.74) is 2.88. The van der Waals surface area contributed by atoms with Crippen LogP contribution in [-0.2, 0) is 24.2 Å². The van der Waals surface area contributed by atoms with Gasteiger partial charge in [0.15, 0.2) is 11.5 Å². The van der Waals surface area contributed by atoms with Crippen molar-refractivity contribution in [1.82, 2.24) is 20.5 Å². The second-order valence-electron chi connectivity index (χ2n) is 7.27. The highest BCUT2D eigenvalue weighted by Crippen LogP contribution is 2.33. The molecule has 8 heteroatoms.